The molecule has 1 aromatic rings. The van der Waals surface area contributed by atoms with Crippen molar-refractivity contribution in [3.63, 3.8) is 0 Å². The summed E-state index contributed by atoms with van der Waals surface area (Å²) in [5, 5.41) is 0. The van der Waals surface area contributed by atoms with E-state index in [4.69, 9.17) is 4.74 Å². The van der Waals surface area contributed by atoms with Crippen LogP contribution in [0.2, 0.25) is 0 Å². The van der Waals surface area contributed by atoms with Crippen molar-refractivity contribution < 1.29 is 19.1 Å². The average molecular weight is 236 g/mol. The van der Waals surface area contributed by atoms with Crippen molar-refractivity contribution in [3.05, 3.63) is 29.3 Å². The summed E-state index contributed by atoms with van der Waals surface area (Å²) >= 11 is 0. The SMILES string of the molecule is COC(=O)C(=O)c1ccc(OC)c(C(C)C)c1. The summed E-state index contributed by atoms with van der Waals surface area (Å²) in [5.41, 5.74) is 1.21. The van der Waals surface area contributed by atoms with E-state index in [1.54, 1.807) is 25.3 Å². The summed E-state index contributed by atoms with van der Waals surface area (Å²) in [6.07, 6.45) is 0. The van der Waals surface area contributed by atoms with Crippen LogP contribution in [-0.4, -0.2) is 26.0 Å². The minimum absolute atomic E-state index is 0.204. The minimum Gasteiger partial charge on any atom is -0.496 e. The van der Waals surface area contributed by atoms with Gasteiger partial charge in [0.2, 0.25) is 0 Å². The molecule has 4 nitrogen and oxygen atoms in total. The van der Waals surface area contributed by atoms with E-state index in [0.29, 0.717) is 11.3 Å². The molecule has 0 amide bonds. The Labute approximate surface area is 101 Å². The van der Waals surface area contributed by atoms with Crippen LogP contribution in [0.5, 0.6) is 5.75 Å². The number of ether oxygens (including phenoxy) is 2. The Kier molecular flexibility index (Phi) is 4.26. The molecule has 0 bridgehead atoms. The van der Waals surface area contributed by atoms with Gasteiger partial charge in [0, 0.05) is 5.56 Å². The highest BCUT2D eigenvalue weighted by Gasteiger charge is 2.19. The maximum Gasteiger partial charge on any atom is 0.379 e. The zero-order valence-electron chi connectivity index (χ0n) is 10.4. The Morgan fingerprint density at radius 1 is 1.18 bits per heavy atom. The van der Waals surface area contributed by atoms with Gasteiger partial charge in [0.25, 0.3) is 5.78 Å². The Hall–Kier alpha value is -1.84. The lowest BCUT2D eigenvalue weighted by Crippen LogP contribution is -2.16. The van der Waals surface area contributed by atoms with Crippen molar-refractivity contribution >= 4 is 11.8 Å². The molecular formula is C13H16O4. The second-order valence-corrected chi connectivity index (χ2v) is 3.93. The molecule has 0 aliphatic carbocycles. The lowest BCUT2D eigenvalue weighted by molar-refractivity contribution is -0.135. The predicted octanol–water partition coefficient (Wildman–Crippen LogP) is 2.17. The van der Waals surface area contributed by atoms with Crippen LogP contribution in [-0.2, 0) is 9.53 Å². The quantitative estimate of drug-likeness (QED) is 0.456. The first-order valence-electron chi connectivity index (χ1n) is 5.31. The first-order chi connectivity index (χ1) is 8.01. The molecule has 0 saturated heterocycles. The third kappa shape index (κ3) is 2.84. The number of hydrogen-bond donors (Lipinski definition) is 0. The Morgan fingerprint density at radius 3 is 2.29 bits per heavy atom. The number of esters is 1. The maximum atomic E-state index is 11.6. The van der Waals surface area contributed by atoms with Crippen LogP contribution >= 0.6 is 0 Å². The van der Waals surface area contributed by atoms with Gasteiger partial charge in [-0.2, -0.15) is 0 Å². The van der Waals surface area contributed by atoms with Gasteiger partial charge in [-0.25, -0.2) is 4.79 Å². The van der Waals surface area contributed by atoms with E-state index in [2.05, 4.69) is 4.74 Å². The fourth-order valence-corrected chi connectivity index (χ4v) is 1.54. The molecule has 0 atom stereocenters. The van der Waals surface area contributed by atoms with E-state index in [0.717, 1.165) is 5.56 Å². The van der Waals surface area contributed by atoms with E-state index in [9.17, 15) is 9.59 Å². The van der Waals surface area contributed by atoms with Crippen LogP contribution in [0.3, 0.4) is 0 Å². The summed E-state index contributed by atoms with van der Waals surface area (Å²) in [7, 11) is 2.76. The fourth-order valence-electron chi connectivity index (χ4n) is 1.54. The molecule has 0 aliphatic heterocycles. The van der Waals surface area contributed by atoms with E-state index in [-0.39, 0.29) is 5.92 Å². The third-order valence-corrected chi connectivity index (χ3v) is 2.48. The highest BCUT2D eigenvalue weighted by Crippen LogP contribution is 2.27. The lowest BCUT2D eigenvalue weighted by Gasteiger charge is -2.12. The standard InChI is InChI=1S/C13H16O4/c1-8(2)10-7-9(5-6-11(10)16-3)12(14)13(15)17-4/h5-8H,1-4H3. The number of Topliss-reactive ketones (excluding diaryl/α,β-unsaturated/α-hetero) is 1. The Balaban J connectivity index is 3.16. The smallest absolute Gasteiger partial charge is 0.379 e. The molecule has 0 aromatic heterocycles. The van der Waals surface area contributed by atoms with E-state index >= 15 is 0 Å². The van der Waals surface area contributed by atoms with Gasteiger partial charge in [0.1, 0.15) is 5.75 Å². The van der Waals surface area contributed by atoms with Gasteiger partial charge >= 0.3 is 5.97 Å². The molecule has 4 heteroatoms. The van der Waals surface area contributed by atoms with Crippen LogP contribution in [0.4, 0.5) is 0 Å². The normalized spacial score (nSPS) is 10.2. The first kappa shape index (κ1) is 13.2. The minimum atomic E-state index is -0.857. The van der Waals surface area contributed by atoms with Crippen molar-refractivity contribution in [2.45, 2.75) is 19.8 Å². The topological polar surface area (TPSA) is 52.6 Å². The third-order valence-electron chi connectivity index (χ3n) is 2.48. The van der Waals surface area contributed by atoms with E-state index in [1.165, 1.54) is 7.11 Å². The second kappa shape index (κ2) is 5.48. The molecule has 0 heterocycles. The fraction of sp³-hybridized carbons (Fsp3) is 0.385. The largest absolute Gasteiger partial charge is 0.496 e. The van der Waals surface area contributed by atoms with E-state index < -0.39 is 11.8 Å². The summed E-state index contributed by atoms with van der Waals surface area (Å²) < 4.78 is 9.60. The number of hydrogen-bond acceptors (Lipinski definition) is 4. The maximum absolute atomic E-state index is 11.6. The van der Waals surface area contributed by atoms with E-state index in [1.807, 2.05) is 13.8 Å². The Bertz CT molecular complexity index is 435. The van der Waals surface area contributed by atoms with Gasteiger partial charge < -0.3 is 9.47 Å². The molecule has 0 saturated carbocycles. The molecule has 0 aliphatic rings. The van der Waals surface area contributed by atoms with Crippen LogP contribution in [0.1, 0.15) is 35.7 Å². The van der Waals surface area contributed by atoms with Crippen molar-refractivity contribution in [3.8, 4) is 5.75 Å². The molecule has 1 aromatic carbocycles. The molecule has 92 valence electrons. The van der Waals surface area contributed by atoms with Gasteiger partial charge in [0.05, 0.1) is 14.2 Å². The molecule has 0 unspecified atom stereocenters. The van der Waals surface area contributed by atoms with Crippen molar-refractivity contribution in [2.75, 3.05) is 14.2 Å². The highest BCUT2D eigenvalue weighted by atomic mass is 16.5. The average Bonchev–Trinajstić information content (AvgIpc) is 2.35. The Morgan fingerprint density at radius 2 is 1.82 bits per heavy atom. The van der Waals surface area contributed by atoms with Gasteiger partial charge in [-0.15, -0.1) is 0 Å². The summed E-state index contributed by atoms with van der Waals surface area (Å²) in [6.45, 7) is 3.98. The summed E-state index contributed by atoms with van der Waals surface area (Å²) in [5.74, 6) is -0.585. The van der Waals surface area contributed by atoms with Crippen molar-refractivity contribution in [2.24, 2.45) is 0 Å². The van der Waals surface area contributed by atoms with Crippen molar-refractivity contribution in [1.82, 2.24) is 0 Å². The molecule has 1 rings (SSSR count). The monoisotopic (exact) mass is 236 g/mol. The van der Waals surface area contributed by atoms with Crippen LogP contribution in [0.15, 0.2) is 18.2 Å². The molecule has 17 heavy (non-hydrogen) atoms. The van der Waals surface area contributed by atoms with Crippen LogP contribution in [0, 0.1) is 0 Å². The van der Waals surface area contributed by atoms with Gasteiger partial charge in [0.15, 0.2) is 0 Å². The number of ketones is 1. The van der Waals surface area contributed by atoms with Gasteiger partial charge in [-0.05, 0) is 29.7 Å². The van der Waals surface area contributed by atoms with Crippen molar-refractivity contribution in [1.29, 1.82) is 0 Å². The van der Waals surface area contributed by atoms with Gasteiger partial charge in [-0.1, -0.05) is 13.8 Å². The highest BCUT2D eigenvalue weighted by molar-refractivity contribution is 6.40. The van der Waals surface area contributed by atoms with Crippen LogP contribution in [0.25, 0.3) is 0 Å². The van der Waals surface area contributed by atoms with Gasteiger partial charge in [-0.3, -0.25) is 4.79 Å². The molecule has 0 N–H and O–H groups in total. The van der Waals surface area contributed by atoms with Crippen LogP contribution < -0.4 is 4.74 Å². The second-order valence-electron chi connectivity index (χ2n) is 3.93. The number of methoxy groups -OCH3 is 2. The summed E-state index contributed by atoms with van der Waals surface area (Å²) in [4.78, 5) is 22.8. The summed E-state index contributed by atoms with van der Waals surface area (Å²) in [6, 6.07) is 4.91. The molecular weight excluding hydrogens is 220 g/mol. The number of rotatable bonds is 4. The molecule has 0 spiro atoms. The number of carbonyl (C=O) groups is 2. The number of carbonyl (C=O) groups excluding carboxylic acids is 2. The number of benzene rings is 1. The zero-order chi connectivity index (χ0) is 13.0. The molecule has 0 fully saturated rings. The molecule has 0 radical (unpaired) electrons. The first-order valence-corrected chi connectivity index (χ1v) is 5.31. The lowest BCUT2D eigenvalue weighted by atomic mass is 9.98. The zero-order valence-corrected chi connectivity index (χ0v) is 10.4. The predicted molar refractivity (Wildman–Crippen MR) is 63.4 cm³/mol.